The van der Waals surface area contributed by atoms with Crippen LogP contribution in [0.25, 0.3) is 0 Å². The average Bonchev–Trinajstić information content (AvgIpc) is 3.40. The molecule has 4 rings (SSSR count). The van der Waals surface area contributed by atoms with Gasteiger partial charge in [-0.05, 0) is 48.2 Å². The third-order valence-electron chi connectivity index (χ3n) is 5.41. The maximum atomic E-state index is 12.7. The van der Waals surface area contributed by atoms with E-state index in [2.05, 4.69) is 15.0 Å². The zero-order valence-electron chi connectivity index (χ0n) is 18.6. The predicted octanol–water partition coefficient (Wildman–Crippen LogP) is 3.05. The highest BCUT2D eigenvalue weighted by Gasteiger charge is 2.21. The molecule has 0 aliphatic carbocycles. The number of nitrogens with zero attached hydrogens (tertiary/aromatic N) is 1. The molecule has 178 valence electrons. The second kappa shape index (κ2) is 11.2. The molecule has 0 radical (unpaired) electrons. The first-order valence-electron chi connectivity index (χ1n) is 11.1. The molecule has 0 spiro atoms. The number of benzene rings is 2. The van der Waals surface area contributed by atoms with E-state index in [1.807, 2.05) is 30.3 Å². The Kier molecular flexibility index (Phi) is 7.89. The number of nitrogens with one attached hydrogen (secondary N) is 2. The SMILES string of the molecule is O=C(NCc1ccnc(OCc2ccccc2)c1)c1cccc(S(=O)(=O)NCC2CCCO2)c1. The zero-order valence-corrected chi connectivity index (χ0v) is 19.5. The molecule has 2 aromatic carbocycles. The highest BCUT2D eigenvalue weighted by molar-refractivity contribution is 7.89. The summed E-state index contributed by atoms with van der Waals surface area (Å²) in [7, 11) is -3.74. The Morgan fingerprint density at radius 3 is 2.71 bits per heavy atom. The molecule has 1 amide bonds. The monoisotopic (exact) mass is 481 g/mol. The molecule has 8 nitrogen and oxygen atoms in total. The molecule has 1 unspecified atom stereocenters. The fourth-order valence-electron chi connectivity index (χ4n) is 3.55. The second-order valence-electron chi connectivity index (χ2n) is 7.97. The Morgan fingerprint density at radius 1 is 1.06 bits per heavy atom. The van der Waals surface area contributed by atoms with Gasteiger partial charge in [-0.15, -0.1) is 0 Å². The highest BCUT2D eigenvalue weighted by Crippen LogP contribution is 2.15. The van der Waals surface area contributed by atoms with Gasteiger partial charge in [0.15, 0.2) is 0 Å². The van der Waals surface area contributed by atoms with E-state index in [1.165, 1.54) is 12.1 Å². The Hall–Kier alpha value is -3.27. The summed E-state index contributed by atoms with van der Waals surface area (Å²) in [6.45, 7) is 1.51. The van der Waals surface area contributed by atoms with Gasteiger partial charge < -0.3 is 14.8 Å². The number of hydrogen-bond acceptors (Lipinski definition) is 6. The molecule has 0 bridgehead atoms. The Bertz CT molecular complexity index is 1210. The number of carbonyl (C=O) groups excluding carboxylic acids is 1. The van der Waals surface area contributed by atoms with Crippen molar-refractivity contribution >= 4 is 15.9 Å². The number of pyridine rings is 1. The fourth-order valence-corrected chi connectivity index (χ4v) is 4.66. The van der Waals surface area contributed by atoms with E-state index in [0.29, 0.717) is 19.1 Å². The van der Waals surface area contributed by atoms with Gasteiger partial charge in [0.25, 0.3) is 5.91 Å². The van der Waals surface area contributed by atoms with E-state index in [4.69, 9.17) is 9.47 Å². The molecule has 2 N–H and O–H groups in total. The van der Waals surface area contributed by atoms with Crippen molar-refractivity contribution in [3.05, 3.63) is 89.6 Å². The van der Waals surface area contributed by atoms with Gasteiger partial charge >= 0.3 is 0 Å². The topological polar surface area (TPSA) is 107 Å². The molecule has 1 aliphatic heterocycles. The van der Waals surface area contributed by atoms with Crippen LogP contribution in [-0.2, 0) is 27.9 Å². The molecule has 1 saturated heterocycles. The standard InChI is InChI=1S/C25H27N3O5S/c29-25(21-8-4-10-23(15-21)34(30,31)28-17-22-9-5-13-32-22)27-16-20-11-12-26-24(14-20)33-18-19-6-2-1-3-7-19/h1-4,6-8,10-12,14-15,22,28H,5,9,13,16-18H2,(H,27,29). The number of sulfonamides is 1. The number of rotatable bonds is 10. The minimum Gasteiger partial charge on any atom is -0.473 e. The lowest BCUT2D eigenvalue weighted by Crippen LogP contribution is -2.32. The van der Waals surface area contributed by atoms with Crippen molar-refractivity contribution in [1.29, 1.82) is 0 Å². The summed E-state index contributed by atoms with van der Waals surface area (Å²) in [5.74, 6) is 0.0840. The van der Waals surface area contributed by atoms with Crippen molar-refractivity contribution in [3.63, 3.8) is 0 Å². The minimum absolute atomic E-state index is 0.0404. The van der Waals surface area contributed by atoms with Crippen molar-refractivity contribution in [2.24, 2.45) is 0 Å². The fraction of sp³-hybridized carbons (Fsp3) is 0.280. The molecular formula is C25H27N3O5S. The smallest absolute Gasteiger partial charge is 0.251 e. The molecule has 1 aromatic heterocycles. The van der Waals surface area contributed by atoms with Crippen molar-refractivity contribution < 1.29 is 22.7 Å². The van der Waals surface area contributed by atoms with Crippen molar-refractivity contribution in [2.75, 3.05) is 13.2 Å². The maximum absolute atomic E-state index is 12.7. The van der Waals surface area contributed by atoms with Crippen LogP contribution < -0.4 is 14.8 Å². The lowest BCUT2D eigenvalue weighted by atomic mass is 10.2. The number of amides is 1. The summed E-state index contributed by atoms with van der Waals surface area (Å²) >= 11 is 0. The first-order chi connectivity index (χ1) is 16.5. The van der Waals surface area contributed by atoms with Gasteiger partial charge in [-0.2, -0.15) is 0 Å². The molecule has 3 aromatic rings. The molecule has 1 atom stereocenters. The van der Waals surface area contributed by atoms with Crippen LogP contribution in [0.15, 0.2) is 77.8 Å². The van der Waals surface area contributed by atoms with Crippen molar-refractivity contribution in [2.45, 2.75) is 37.0 Å². The third-order valence-corrected chi connectivity index (χ3v) is 6.83. The number of ether oxygens (including phenoxy) is 2. The summed E-state index contributed by atoms with van der Waals surface area (Å²) in [4.78, 5) is 16.9. The molecule has 34 heavy (non-hydrogen) atoms. The summed E-state index contributed by atoms with van der Waals surface area (Å²) in [5.41, 5.74) is 2.10. The Labute approximate surface area is 199 Å². The van der Waals surface area contributed by atoms with Gasteiger partial charge in [-0.25, -0.2) is 18.1 Å². The quantitative estimate of drug-likeness (QED) is 0.461. The summed E-state index contributed by atoms with van der Waals surface area (Å²) in [5, 5.41) is 2.81. The van der Waals surface area contributed by atoms with Crippen molar-refractivity contribution in [3.8, 4) is 5.88 Å². The highest BCUT2D eigenvalue weighted by atomic mass is 32.2. The first kappa shape index (κ1) is 23.9. The molecule has 0 saturated carbocycles. The largest absolute Gasteiger partial charge is 0.473 e. The lowest BCUT2D eigenvalue weighted by molar-refractivity contribution is 0.0950. The minimum atomic E-state index is -3.74. The molecule has 1 fully saturated rings. The van der Waals surface area contributed by atoms with E-state index in [9.17, 15) is 13.2 Å². The van der Waals surface area contributed by atoms with E-state index < -0.39 is 10.0 Å². The van der Waals surface area contributed by atoms with Gasteiger partial charge in [-0.1, -0.05) is 36.4 Å². The van der Waals surface area contributed by atoms with Gasteiger partial charge in [-0.3, -0.25) is 4.79 Å². The summed E-state index contributed by atoms with van der Waals surface area (Å²) in [6, 6.07) is 19.3. The summed E-state index contributed by atoms with van der Waals surface area (Å²) < 4.78 is 39.0. The van der Waals surface area contributed by atoms with E-state index in [1.54, 1.807) is 30.5 Å². The number of hydrogen-bond donors (Lipinski definition) is 2. The average molecular weight is 482 g/mol. The number of aromatic nitrogens is 1. The zero-order chi connectivity index (χ0) is 23.8. The van der Waals surface area contributed by atoms with Crippen LogP contribution in [0.5, 0.6) is 5.88 Å². The Morgan fingerprint density at radius 2 is 1.91 bits per heavy atom. The maximum Gasteiger partial charge on any atom is 0.251 e. The van der Waals surface area contributed by atoms with Gasteiger partial charge in [0.1, 0.15) is 6.61 Å². The van der Waals surface area contributed by atoms with Gasteiger partial charge in [0.2, 0.25) is 15.9 Å². The first-order valence-corrected chi connectivity index (χ1v) is 12.6. The predicted molar refractivity (Wildman–Crippen MR) is 127 cm³/mol. The van der Waals surface area contributed by atoms with E-state index in [-0.39, 0.29) is 35.6 Å². The molecule has 9 heteroatoms. The van der Waals surface area contributed by atoms with Crippen LogP contribution >= 0.6 is 0 Å². The van der Waals surface area contributed by atoms with Crippen LogP contribution in [0.3, 0.4) is 0 Å². The van der Waals surface area contributed by atoms with E-state index >= 15 is 0 Å². The van der Waals surface area contributed by atoms with Crippen molar-refractivity contribution in [1.82, 2.24) is 15.0 Å². The van der Waals surface area contributed by atoms with E-state index in [0.717, 1.165) is 24.0 Å². The van der Waals surface area contributed by atoms with Crippen LogP contribution in [0.1, 0.15) is 34.3 Å². The Balaban J connectivity index is 1.33. The third kappa shape index (κ3) is 6.63. The second-order valence-corrected chi connectivity index (χ2v) is 9.74. The van der Waals surface area contributed by atoms with Crippen LogP contribution in [0.4, 0.5) is 0 Å². The summed E-state index contributed by atoms with van der Waals surface area (Å²) in [6.07, 6.45) is 3.27. The van der Waals surface area contributed by atoms with Gasteiger partial charge in [0.05, 0.1) is 11.0 Å². The molecule has 1 aliphatic rings. The number of carbonyl (C=O) groups is 1. The van der Waals surface area contributed by atoms with Crippen LogP contribution in [0.2, 0.25) is 0 Å². The molecule has 2 heterocycles. The normalized spacial score (nSPS) is 15.7. The molecular weight excluding hydrogens is 454 g/mol. The van der Waals surface area contributed by atoms with Crippen LogP contribution in [-0.4, -0.2) is 38.6 Å². The van der Waals surface area contributed by atoms with Crippen LogP contribution in [0, 0.1) is 0 Å². The van der Waals surface area contributed by atoms with Gasteiger partial charge in [0, 0.05) is 37.5 Å². The lowest BCUT2D eigenvalue weighted by Gasteiger charge is -2.12.